The van der Waals surface area contributed by atoms with E-state index in [-0.39, 0.29) is 5.91 Å². The van der Waals surface area contributed by atoms with E-state index in [1.807, 2.05) is 7.05 Å². The highest BCUT2D eigenvalue weighted by Gasteiger charge is 2.32. The number of carbonyl (C=O) groups is 1. The van der Waals surface area contributed by atoms with Crippen molar-refractivity contribution in [2.75, 3.05) is 14.2 Å². The van der Waals surface area contributed by atoms with Gasteiger partial charge in [-0.2, -0.15) is 0 Å². The third-order valence-corrected chi connectivity index (χ3v) is 2.45. The maximum absolute atomic E-state index is 10.9. The maximum Gasteiger partial charge on any atom is 0.219 e. The van der Waals surface area contributed by atoms with Crippen molar-refractivity contribution in [2.45, 2.75) is 31.9 Å². The second-order valence-corrected chi connectivity index (χ2v) is 3.11. The Morgan fingerprint density at radius 2 is 2.09 bits per heavy atom. The SMILES string of the molecule is COC1CC(N(C)C(C)=O)C1. The Hall–Kier alpha value is -0.570. The summed E-state index contributed by atoms with van der Waals surface area (Å²) in [6.07, 6.45) is 2.36. The normalized spacial score (nSPS) is 29.4. The Morgan fingerprint density at radius 1 is 1.55 bits per heavy atom. The number of hydrogen-bond donors (Lipinski definition) is 0. The summed E-state index contributed by atoms with van der Waals surface area (Å²) in [7, 11) is 3.56. The highest BCUT2D eigenvalue weighted by molar-refractivity contribution is 5.73. The van der Waals surface area contributed by atoms with Gasteiger partial charge in [-0.05, 0) is 12.8 Å². The lowest BCUT2D eigenvalue weighted by Gasteiger charge is -2.39. The first kappa shape index (κ1) is 8.53. The smallest absolute Gasteiger partial charge is 0.219 e. The number of hydrogen-bond acceptors (Lipinski definition) is 2. The molecule has 0 aliphatic heterocycles. The first-order chi connectivity index (χ1) is 5.15. The van der Waals surface area contributed by atoms with Gasteiger partial charge in [0, 0.05) is 27.1 Å². The van der Waals surface area contributed by atoms with E-state index in [2.05, 4.69) is 0 Å². The minimum Gasteiger partial charge on any atom is -0.381 e. The minimum atomic E-state index is 0.143. The van der Waals surface area contributed by atoms with Crippen LogP contribution in [0.4, 0.5) is 0 Å². The van der Waals surface area contributed by atoms with Crippen molar-refractivity contribution in [3.05, 3.63) is 0 Å². The fourth-order valence-electron chi connectivity index (χ4n) is 1.30. The lowest BCUT2D eigenvalue weighted by atomic mass is 9.88. The van der Waals surface area contributed by atoms with Gasteiger partial charge in [0.15, 0.2) is 0 Å². The number of amides is 1. The second-order valence-electron chi connectivity index (χ2n) is 3.11. The molecule has 0 N–H and O–H groups in total. The predicted octanol–water partition coefficient (Wildman–Crippen LogP) is 0.642. The standard InChI is InChI=1S/C8H15NO2/c1-6(10)9(2)7-4-8(5-7)11-3/h7-8H,4-5H2,1-3H3. The lowest BCUT2D eigenvalue weighted by Crippen LogP contribution is -2.47. The molecular weight excluding hydrogens is 142 g/mol. The molecule has 0 aromatic heterocycles. The van der Waals surface area contributed by atoms with E-state index in [0.29, 0.717) is 12.1 Å². The van der Waals surface area contributed by atoms with Crippen LogP contribution in [0.5, 0.6) is 0 Å². The monoisotopic (exact) mass is 157 g/mol. The van der Waals surface area contributed by atoms with Gasteiger partial charge in [0.1, 0.15) is 0 Å². The molecule has 1 rings (SSSR count). The molecule has 0 radical (unpaired) electrons. The summed E-state index contributed by atoms with van der Waals surface area (Å²) in [5.74, 6) is 0.143. The van der Waals surface area contributed by atoms with E-state index in [0.717, 1.165) is 12.8 Å². The van der Waals surface area contributed by atoms with E-state index in [4.69, 9.17) is 4.74 Å². The van der Waals surface area contributed by atoms with Crippen LogP contribution in [0.15, 0.2) is 0 Å². The van der Waals surface area contributed by atoms with E-state index >= 15 is 0 Å². The molecule has 0 saturated heterocycles. The van der Waals surface area contributed by atoms with Crippen molar-refractivity contribution in [1.82, 2.24) is 4.90 Å². The molecular formula is C8H15NO2. The summed E-state index contributed by atoms with van der Waals surface area (Å²) < 4.78 is 5.11. The Bertz CT molecular complexity index is 152. The molecule has 0 bridgehead atoms. The summed E-state index contributed by atoms with van der Waals surface area (Å²) in [4.78, 5) is 12.6. The molecule has 0 unspecified atom stereocenters. The third kappa shape index (κ3) is 1.71. The number of nitrogens with zero attached hydrogens (tertiary/aromatic N) is 1. The zero-order chi connectivity index (χ0) is 8.43. The third-order valence-electron chi connectivity index (χ3n) is 2.45. The Morgan fingerprint density at radius 3 is 2.45 bits per heavy atom. The van der Waals surface area contributed by atoms with Crippen molar-refractivity contribution in [3.63, 3.8) is 0 Å². The van der Waals surface area contributed by atoms with E-state index < -0.39 is 0 Å². The predicted molar refractivity (Wildman–Crippen MR) is 42.3 cm³/mol. The van der Waals surface area contributed by atoms with E-state index in [9.17, 15) is 4.79 Å². The summed E-state index contributed by atoms with van der Waals surface area (Å²) in [5.41, 5.74) is 0. The quantitative estimate of drug-likeness (QED) is 0.588. The van der Waals surface area contributed by atoms with Crippen molar-refractivity contribution in [1.29, 1.82) is 0 Å². The van der Waals surface area contributed by atoms with Gasteiger partial charge in [-0.1, -0.05) is 0 Å². The zero-order valence-electron chi connectivity index (χ0n) is 7.33. The molecule has 0 aromatic carbocycles. The molecule has 0 atom stereocenters. The van der Waals surface area contributed by atoms with Crippen LogP contribution in [0.2, 0.25) is 0 Å². The molecule has 0 aromatic rings. The molecule has 0 spiro atoms. The summed E-state index contributed by atoms with van der Waals surface area (Å²) in [5, 5.41) is 0. The molecule has 1 saturated carbocycles. The molecule has 1 amide bonds. The Labute approximate surface area is 67.3 Å². The van der Waals surface area contributed by atoms with Crippen LogP contribution in [0.25, 0.3) is 0 Å². The van der Waals surface area contributed by atoms with Crippen molar-refractivity contribution >= 4 is 5.91 Å². The highest BCUT2D eigenvalue weighted by atomic mass is 16.5. The van der Waals surface area contributed by atoms with Crippen LogP contribution < -0.4 is 0 Å². The van der Waals surface area contributed by atoms with Gasteiger partial charge < -0.3 is 9.64 Å². The van der Waals surface area contributed by atoms with Crippen molar-refractivity contribution in [2.24, 2.45) is 0 Å². The van der Waals surface area contributed by atoms with E-state index in [1.54, 1.807) is 18.9 Å². The van der Waals surface area contributed by atoms with Gasteiger partial charge >= 0.3 is 0 Å². The molecule has 3 nitrogen and oxygen atoms in total. The van der Waals surface area contributed by atoms with Gasteiger partial charge in [-0.25, -0.2) is 0 Å². The average molecular weight is 157 g/mol. The number of methoxy groups -OCH3 is 1. The molecule has 64 valence electrons. The molecule has 0 heterocycles. The van der Waals surface area contributed by atoms with E-state index in [1.165, 1.54) is 0 Å². The van der Waals surface area contributed by atoms with Gasteiger partial charge in [-0.15, -0.1) is 0 Å². The summed E-state index contributed by atoms with van der Waals surface area (Å²) in [6.45, 7) is 1.60. The van der Waals surface area contributed by atoms with Crippen LogP contribution in [0.1, 0.15) is 19.8 Å². The van der Waals surface area contributed by atoms with Crippen molar-refractivity contribution in [3.8, 4) is 0 Å². The number of ether oxygens (including phenoxy) is 1. The number of carbonyl (C=O) groups excluding carboxylic acids is 1. The highest BCUT2D eigenvalue weighted by Crippen LogP contribution is 2.26. The fraction of sp³-hybridized carbons (Fsp3) is 0.875. The first-order valence-electron chi connectivity index (χ1n) is 3.91. The molecule has 1 aliphatic rings. The fourth-order valence-corrected chi connectivity index (χ4v) is 1.30. The van der Waals surface area contributed by atoms with Crippen LogP contribution in [0, 0.1) is 0 Å². The summed E-state index contributed by atoms with van der Waals surface area (Å²) in [6, 6.07) is 0.414. The minimum absolute atomic E-state index is 0.143. The lowest BCUT2D eigenvalue weighted by molar-refractivity contribution is -0.134. The number of rotatable bonds is 2. The molecule has 3 heteroatoms. The summed E-state index contributed by atoms with van der Waals surface area (Å²) >= 11 is 0. The Kier molecular flexibility index (Phi) is 2.49. The van der Waals surface area contributed by atoms with Gasteiger partial charge in [0.25, 0.3) is 0 Å². The van der Waals surface area contributed by atoms with Gasteiger partial charge in [-0.3, -0.25) is 4.79 Å². The topological polar surface area (TPSA) is 29.5 Å². The van der Waals surface area contributed by atoms with Crippen LogP contribution in [-0.4, -0.2) is 37.1 Å². The molecule has 1 aliphatic carbocycles. The van der Waals surface area contributed by atoms with Crippen LogP contribution in [-0.2, 0) is 9.53 Å². The molecule has 11 heavy (non-hydrogen) atoms. The second kappa shape index (κ2) is 3.22. The van der Waals surface area contributed by atoms with Crippen molar-refractivity contribution < 1.29 is 9.53 Å². The first-order valence-corrected chi connectivity index (χ1v) is 3.91. The average Bonchev–Trinajstić information content (AvgIpc) is 1.85. The van der Waals surface area contributed by atoms with Crippen LogP contribution in [0.3, 0.4) is 0 Å². The Balaban J connectivity index is 2.26. The van der Waals surface area contributed by atoms with Gasteiger partial charge in [0.2, 0.25) is 5.91 Å². The largest absolute Gasteiger partial charge is 0.381 e. The zero-order valence-corrected chi connectivity index (χ0v) is 7.33. The van der Waals surface area contributed by atoms with Gasteiger partial charge in [0.05, 0.1) is 6.10 Å². The van der Waals surface area contributed by atoms with Crippen LogP contribution >= 0.6 is 0 Å². The molecule has 1 fully saturated rings. The maximum atomic E-state index is 10.9.